The lowest BCUT2D eigenvalue weighted by atomic mass is 10.2. The molecular weight excluding hydrogens is 372 g/mol. The van der Waals surface area contributed by atoms with Crippen molar-refractivity contribution in [1.82, 2.24) is 4.90 Å². The van der Waals surface area contributed by atoms with Crippen molar-refractivity contribution in [3.05, 3.63) is 69.7 Å². The molecule has 3 nitrogen and oxygen atoms in total. The summed E-state index contributed by atoms with van der Waals surface area (Å²) in [5, 5.41) is 0.818. The first-order valence-corrected chi connectivity index (χ1v) is 9.21. The maximum Gasteiger partial charge on any atom is 0.259 e. The Hall–Kier alpha value is -1.59. The van der Waals surface area contributed by atoms with Crippen LogP contribution >= 0.6 is 27.7 Å². The van der Waals surface area contributed by atoms with Crippen molar-refractivity contribution in [3.8, 4) is 0 Å². The molecule has 0 aliphatic carbocycles. The highest BCUT2D eigenvalue weighted by atomic mass is 79.9. The van der Waals surface area contributed by atoms with Crippen molar-refractivity contribution in [2.24, 2.45) is 4.99 Å². The van der Waals surface area contributed by atoms with Gasteiger partial charge in [-0.15, -0.1) is 0 Å². The van der Waals surface area contributed by atoms with Gasteiger partial charge in [-0.3, -0.25) is 14.7 Å². The number of nitrogens with zero attached hydrogens (tertiary/aromatic N) is 2. The smallest absolute Gasteiger partial charge is 0.259 e. The number of rotatable bonds is 3. The minimum absolute atomic E-state index is 0.0187. The van der Waals surface area contributed by atoms with E-state index in [4.69, 9.17) is 0 Å². The summed E-state index contributed by atoms with van der Waals surface area (Å²) >= 11 is 5.02. The summed E-state index contributed by atoms with van der Waals surface area (Å²) in [4.78, 5) is 18.9. The van der Waals surface area contributed by atoms with Gasteiger partial charge in [0.15, 0.2) is 5.17 Å². The Morgan fingerprint density at radius 2 is 1.87 bits per heavy atom. The average molecular weight is 389 g/mol. The summed E-state index contributed by atoms with van der Waals surface area (Å²) < 4.78 is 0.970. The normalized spacial score (nSPS) is 14.0. The molecule has 2 aromatic carbocycles. The van der Waals surface area contributed by atoms with Crippen LogP contribution in [0.5, 0.6) is 0 Å². The minimum atomic E-state index is 0.0187. The SMILES string of the molecule is Cc1ccc(CSC2=NCCN2C(=O)c2ccc(Br)cc2)cc1. The quantitative estimate of drug-likeness (QED) is 0.774. The summed E-state index contributed by atoms with van der Waals surface area (Å²) in [5.74, 6) is 0.841. The van der Waals surface area contributed by atoms with Gasteiger partial charge in [0.2, 0.25) is 0 Å². The van der Waals surface area contributed by atoms with Gasteiger partial charge in [-0.25, -0.2) is 0 Å². The second kappa shape index (κ2) is 7.32. The molecule has 0 radical (unpaired) electrons. The zero-order valence-electron chi connectivity index (χ0n) is 12.8. The van der Waals surface area contributed by atoms with E-state index >= 15 is 0 Å². The Kier molecular flexibility index (Phi) is 5.18. The third kappa shape index (κ3) is 4.03. The maximum atomic E-state index is 12.6. The highest BCUT2D eigenvalue weighted by Gasteiger charge is 2.25. The van der Waals surface area contributed by atoms with Crippen LogP contribution in [0.3, 0.4) is 0 Å². The van der Waals surface area contributed by atoms with Crippen LogP contribution in [0.25, 0.3) is 0 Å². The average Bonchev–Trinajstić information content (AvgIpc) is 3.03. The van der Waals surface area contributed by atoms with E-state index in [1.807, 2.05) is 24.3 Å². The first kappa shape index (κ1) is 16.3. The lowest BCUT2D eigenvalue weighted by molar-refractivity contribution is 0.0860. The molecule has 2 aromatic rings. The monoisotopic (exact) mass is 388 g/mol. The predicted octanol–water partition coefficient (Wildman–Crippen LogP) is 4.50. The minimum Gasteiger partial charge on any atom is -0.286 e. The number of aryl methyl sites for hydroxylation is 1. The summed E-state index contributed by atoms with van der Waals surface area (Å²) in [7, 11) is 0. The molecule has 0 aromatic heterocycles. The van der Waals surface area contributed by atoms with Crippen molar-refractivity contribution in [1.29, 1.82) is 0 Å². The van der Waals surface area contributed by atoms with Crippen molar-refractivity contribution >= 4 is 38.8 Å². The lowest BCUT2D eigenvalue weighted by Gasteiger charge is -2.18. The van der Waals surface area contributed by atoms with Gasteiger partial charge in [-0.1, -0.05) is 57.5 Å². The second-order valence-corrected chi connectivity index (χ2v) is 7.26. The molecule has 3 rings (SSSR count). The van der Waals surface area contributed by atoms with Crippen molar-refractivity contribution in [3.63, 3.8) is 0 Å². The van der Waals surface area contributed by atoms with Gasteiger partial charge < -0.3 is 0 Å². The van der Waals surface area contributed by atoms with Crippen LogP contribution < -0.4 is 0 Å². The van der Waals surface area contributed by atoms with Gasteiger partial charge in [0.1, 0.15) is 0 Å². The number of benzene rings is 2. The van der Waals surface area contributed by atoms with E-state index in [2.05, 4.69) is 52.1 Å². The van der Waals surface area contributed by atoms with E-state index in [0.29, 0.717) is 18.7 Å². The highest BCUT2D eigenvalue weighted by Crippen LogP contribution is 2.22. The first-order chi connectivity index (χ1) is 11.1. The maximum absolute atomic E-state index is 12.6. The largest absolute Gasteiger partial charge is 0.286 e. The molecule has 5 heteroatoms. The molecule has 0 saturated carbocycles. The predicted molar refractivity (Wildman–Crippen MR) is 100.0 cm³/mol. The number of halogens is 1. The molecule has 23 heavy (non-hydrogen) atoms. The number of carbonyl (C=O) groups is 1. The van der Waals surface area contributed by atoms with E-state index in [-0.39, 0.29) is 5.91 Å². The molecule has 1 aliphatic rings. The summed E-state index contributed by atoms with van der Waals surface area (Å²) in [6.45, 7) is 3.42. The summed E-state index contributed by atoms with van der Waals surface area (Å²) in [5.41, 5.74) is 3.19. The van der Waals surface area contributed by atoms with E-state index in [0.717, 1.165) is 15.4 Å². The highest BCUT2D eigenvalue weighted by molar-refractivity contribution is 9.10. The molecule has 0 bridgehead atoms. The topological polar surface area (TPSA) is 32.7 Å². The van der Waals surface area contributed by atoms with Gasteiger partial charge in [0.25, 0.3) is 5.91 Å². The Bertz CT molecular complexity index is 726. The molecule has 0 unspecified atom stereocenters. The number of thioether (sulfide) groups is 1. The second-order valence-electron chi connectivity index (χ2n) is 5.40. The van der Waals surface area contributed by atoms with Crippen LogP contribution in [0, 0.1) is 6.92 Å². The van der Waals surface area contributed by atoms with E-state index in [1.54, 1.807) is 16.7 Å². The molecular formula is C18H17BrN2OS. The van der Waals surface area contributed by atoms with Gasteiger partial charge in [0, 0.05) is 22.3 Å². The number of hydrogen-bond donors (Lipinski definition) is 0. The fourth-order valence-electron chi connectivity index (χ4n) is 2.32. The van der Waals surface area contributed by atoms with Crippen LogP contribution in [0.1, 0.15) is 21.5 Å². The van der Waals surface area contributed by atoms with Crippen LogP contribution in [0.2, 0.25) is 0 Å². The van der Waals surface area contributed by atoms with Crippen molar-refractivity contribution in [2.45, 2.75) is 12.7 Å². The Labute approximate surface area is 148 Å². The number of hydrogen-bond acceptors (Lipinski definition) is 3. The molecule has 1 amide bonds. The van der Waals surface area contributed by atoms with E-state index in [9.17, 15) is 4.79 Å². The third-order valence-corrected chi connectivity index (χ3v) is 5.24. The Balaban J connectivity index is 1.66. The molecule has 1 aliphatic heterocycles. The van der Waals surface area contributed by atoms with Gasteiger partial charge in [-0.05, 0) is 36.8 Å². The number of amidine groups is 1. The van der Waals surface area contributed by atoms with Gasteiger partial charge >= 0.3 is 0 Å². The summed E-state index contributed by atoms with van der Waals surface area (Å²) in [6, 6.07) is 15.9. The lowest BCUT2D eigenvalue weighted by Crippen LogP contribution is -2.32. The Morgan fingerprint density at radius 1 is 1.17 bits per heavy atom. The third-order valence-electron chi connectivity index (χ3n) is 3.63. The molecule has 0 saturated heterocycles. The zero-order chi connectivity index (χ0) is 16.2. The van der Waals surface area contributed by atoms with Gasteiger partial charge in [0.05, 0.1) is 6.54 Å². The fraction of sp³-hybridized carbons (Fsp3) is 0.222. The number of aliphatic imine (C=N–C) groups is 1. The molecule has 118 valence electrons. The summed E-state index contributed by atoms with van der Waals surface area (Å²) in [6.07, 6.45) is 0. The molecule has 0 atom stereocenters. The number of amides is 1. The van der Waals surface area contributed by atoms with E-state index in [1.165, 1.54) is 11.1 Å². The molecule has 1 heterocycles. The molecule has 0 N–H and O–H groups in total. The standard InChI is InChI=1S/C18H17BrN2OS/c1-13-2-4-14(5-3-13)12-23-18-20-10-11-21(18)17(22)15-6-8-16(19)9-7-15/h2-9H,10-12H2,1H3. The van der Waals surface area contributed by atoms with Crippen molar-refractivity contribution in [2.75, 3.05) is 13.1 Å². The molecule has 0 spiro atoms. The first-order valence-electron chi connectivity index (χ1n) is 7.44. The van der Waals surface area contributed by atoms with Crippen LogP contribution in [0.4, 0.5) is 0 Å². The van der Waals surface area contributed by atoms with Gasteiger partial charge in [-0.2, -0.15) is 0 Å². The Morgan fingerprint density at radius 3 is 2.57 bits per heavy atom. The zero-order valence-corrected chi connectivity index (χ0v) is 15.2. The fourth-order valence-corrected chi connectivity index (χ4v) is 3.58. The van der Waals surface area contributed by atoms with Crippen LogP contribution in [-0.2, 0) is 5.75 Å². The van der Waals surface area contributed by atoms with Crippen LogP contribution in [-0.4, -0.2) is 29.1 Å². The number of carbonyl (C=O) groups excluding carboxylic acids is 1. The van der Waals surface area contributed by atoms with Crippen molar-refractivity contribution < 1.29 is 4.79 Å². The van der Waals surface area contributed by atoms with Crippen LogP contribution in [0.15, 0.2) is 58.0 Å². The van der Waals surface area contributed by atoms with E-state index < -0.39 is 0 Å². The molecule has 0 fully saturated rings.